The molecule has 1 N–H and O–H groups in total. The number of carbonyl (C=O) groups excluding carboxylic acids is 1. The number of ether oxygens (including phenoxy) is 1. The number of fused-ring (bicyclic) bond motifs is 1. The van der Waals surface area contributed by atoms with Gasteiger partial charge in [0.25, 0.3) is 0 Å². The maximum atomic E-state index is 13.0. The Morgan fingerprint density at radius 2 is 2.04 bits per heavy atom. The van der Waals surface area contributed by atoms with Gasteiger partial charge in [-0.25, -0.2) is 9.48 Å². The Labute approximate surface area is 156 Å². The van der Waals surface area contributed by atoms with Crippen LogP contribution in [0.4, 0.5) is 5.95 Å². The Kier molecular flexibility index (Phi) is 4.23. The quantitative estimate of drug-likeness (QED) is 0.715. The van der Waals surface area contributed by atoms with Crippen molar-refractivity contribution >= 4 is 11.9 Å². The Morgan fingerprint density at radius 1 is 1.26 bits per heavy atom. The first-order valence-corrected chi connectivity index (χ1v) is 8.63. The van der Waals surface area contributed by atoms with E-state index in [2.05, 4.69) is 20.5 Å². The molecule has 2 aromatic heterocycles. The molecule has 0 bridgehead atoms. The lowest BCUT2D eigenvalue weighted by Gasteiger charge is -2.27. The standard InChI is InChI=1S/C19H20N6O2/c1-12-15(9-24(3)23-12)17-16(13(2)22-19-20-11-21-25(17)19)18(26)27-10-14-7-5-4-6-8-14/h4-9,11,17H,10H2,1-3H3,(H,20,21,22)/t17-/m1/s1. The number of nitrogens with one attached hydrogen (secondary N) is 1. The maximum absolute atomic E-state index is 13.0. The van der Waals surface area contributed by atoms with Gasteiger partial charge in [0, 0.05) is 24.5 Å². The predicted molar refractivity (Wildman–Crippen MR) is 98.7 cm³/mol. The summed E-state index contributed by atoms with van der Waals surface area (Å²) in [7, 11) is 1.85. The molecular formula is C19H20N6O2. The maximum Gasteiger partial charge on any atom is 0.338 e. The zero-order valence-electron chi connectivity index (χ0n) is 15.4. The van der Waals surface area contributed by atoms with Gasteiger partial charge in [-0.3, -0.25) is 4.68 Å². The van der Waals surface area contributed by atoms with Crippen molar-refractivity contribution in [1.29, 1.82) is 0 Å². The number of rotatable bonds is 4. The summed E-state index contributed by atoms with van der Waals surface area (Å²) in [5, 5.41) is 11.9. The Hall–Kier alpha value is -3.42. The molecule has 0 radical (unpaired) electrons. The summed E-state index contributed by atoms with van der Waals surface area (Å²) >= 11 is 0. The summed E-state index contributed by atoms with van der Waals surface area (Å²) in [6, 6.07) is 9.16. The van der Waals surface area contributed by atoms with Crippen LogP contribution in [0.3, 0.4) is 0 Å². The van der Waals surface area contributed by atoms with E-state index in [1.807, 2.05) is 57.4 Å². The molecule has 27 heavy (non-hydrogen) atoms. The minimum absolute atomic E-state index is 0.208. The van der Waals surface area contributed by atoms with Crippen molar-refractivity contribution in [3.05, 3.63) is 70.9 Å². The van der Waals surface area contributed by atoms with Crippen LogP contribution in [0.15, 0.2) is 54.1 Å². The van der Waals surface area contributed by atoms with Crippen molar-refractivity contribution in [3.8, 4) is 0 Å². The summed E-state index contributed by atoms with van der Waals surface area (Å²) in [6.45, 7) is 3.96. The third-order valence-electron chi connectivity index (χ3n) is 4.57. The first-order chi connectivity index (χ1) is 13.0. The summed E-state index contributed by atoms with van der Waals surface area (Å²) in [5.41, 5.74) is 3.84. The number of aromatic nitrogens is 5. The molecule has 3 heterocycles. The molecule has 3 aromatic rings. The van der Waals surface area contributed by atoms with E-state index in [0.717, 1.165) is 16.8 Å². The summed E-state index contributed by atoms with van der Waals surface area (Å²) in [6.07, 6.45) is 3.36. The molecule has 0 aliphatic carbocycles. The molecular weight excluding hydrogens is 344 g/mol. The number of benzene rings is 1. The number of carbonyl (C=O) groups is 1. The average Bonchev–Trinajstić information content (AvgIpc) is 3.25. The van der Waals surface area contributed by atoms with Crippen LogP contribution in [0.2, 0.25) is 0 Å². The van der Waals surface area contributed by atoms with Crippen LogP contribution in [0.5, 0.6) is 0 Å². The molecule has 8 nitrogen and oxygen atoms in total. The third-order valence-corrected chi connectivity index (χ3v) is 4.57. The molecule has 1 aliphatic heterocycles. The first kappa shape index (κ1) is 17.0. The van der Waals surface area contributed by atoms with E-state index in [1.54, 1.807) is 9.36 Å². The van der Waals surface area contributed by atoms with Crippen LogP contribution in [0.25, 0.3) is 0 Å². The van der Waals surface area contributed by atoms with Crippen molar-refractivity contribution in [2.45, 2.75) is 26.5 Å². The van der Waals surface area contributed by atoms with E-state index in [0.29, 0.717) is 17.2 Å². The normalized spacial score (nSPS) is 16.0. The van der Waals surface area contributed by atoms with E-state index in [9.17, 15) is 4.79 Å². The van der Waals surface area contributed by atoms with Crippen molar-refractivity contribution in [1.82, 2.24) is 24.5 Å². The lowest BCUT2D eigenvalue weighted by molar-refractivity contribution is -0.140. The van der Waals surface area contributed by atoms with Crippen molar-refractivity contribution in [2.75, 3.05) is 5.32 Å². The highest BCUT2D eigenvalue weighted by Gasteiger charge is 2.36. The number of hydrogen-bond acceptors (Lipinski definition) is 6. The molecule has 138 valence electrons. The number of esters is 1. The minimum Gasteiger partial charge on any atom is -0.457 e. The molecule has 0 unspecified atom stereocenters. The molecule has 8 heteroatoms. The van der Waals surface area contributed by atoms with Crippen molar-refractivity contribution in [3.63, 3.8) is 0 Å². The second-order valence-corrected chi connectivity index (χ2v) is 6.50. The number of nitrogens with zero attached hydrogens (tertiary/aromatic N) is 5. The molecule has 1 atom stereocenters. The van der Waals surface area contributed by atoms with Gasteiger partial charge in [-0.2, -0.15) is 15.2 Å². The Balaban J connectivity index is 1.70. The van der Waals surface area contributed by atoms with Crippen molar-refractivity contribution < 1.29 is 9.53 Å². The van der Waals surface area contributed by atoms with Gasteiger partial charge < -0.3 is 10.1 Å². The summed E-state index contributed by atoms with van der Waals surface area (Å²) < 4.78 is 9.02. The third kappa shape index (κ3) is 3.10. The average molecular weight is 364 g/mol. The van der Waals surface area contributed by atoms with Crippen LogP contribution in [-0.4, -0.2) is 30.5 Å². The largest absolute Gasteiger partial charge is 0.457 e. The van der Waals surface area contributed by atoms with E-state index in [-0.39, 0.29) is 6.61 Å². The second-order valence-electron chi connectivity index (χ2n) is 6.50. The van der Waals surface area contributed by atoms with Gasteiger partial charge >= 0.3 is 5.97 Å². The Morgan fingerprint density at radius 3 is 2.74 bits per heavy atom. The van der Waals surface area contributed by atoms with Gasteiger partial charge in [0.05, 0.1) is 11.3 Å². The first-order valence-electron chi connectivity index (χ1n) is 8.63. The molecule has 0 saturated heterocycles. The molecule has 4 rings (SSSR count). The van der Waals surface area contributed by atoms with Crippen molar-refractivity contribution in [2.24, 2.45) is 7.05 Å². The lowest BCUT2D eigenvalue weighted by atomic mass is 9.96. The van der Waals surface area contributed by atoms with Crippen LogP contribution in [-0.2, 0) is 23.2 Å². The fourth-order valence-electron chi connectivity index (χ4n) is 3.33. The van der Waals surface area contributed by atoms with Crippen LogP contribution < -0.4 is 5.32 Å². The zero-order valence-corrected chi connectivity index (χ0v) is 15.4. The SMILES string of the molecule is CC1=C(C(=O)OCc2ccccc2)[C@@H](c2cn(C)nc2C)n2ncnc2N1. The molecule has 0 fully saturated rings. The van der Waals surface area contributed by atoms with Gasteiger partial charge in [0.1, 0.15) is 19.0 Å². The molecule has 0 spiro atoms. The van der Waals surface area contributed by atoms with Crippen LogP contribution in [0.1, 0.15) is 29.8 Å². The zero-order chi connectivity index (χ0) is 19.0. The second kappa shape index (κ2) is 6.71. The Bertz CT molecular complexity index is 1020. The fraction of sp³-hybridized carbons (Fsp3) is 0.263. The van der Waals surface area contributed by atoms with Gasteiger partial charge in [-0.05, 0) is 19.4 Å². The fourth-order valence-corrected chi connectivity index (χ4v) is 3.33. The van der Waals surface area contributed by atoms with E-state index in [1.165, 1.54) is 6.33 Å². The highest BCUT2D eigenvalue weighted by atomic mass is 16.5. The van der Waals surface area contributed by atoms with E-state index < -0.39 is 12.0 Å². The monoisotopic (exact) mass is 364 g/mol. The van der Waals surface area contributed by atoms with Gasteiger partial charge in [0.2, 0.25) is 5.95 Å². The molecule has 1 aliphatic rings. The van der Waals surface area contributed by atoms with Gasteiger partial charge in [-0.15, -0.1) is 0 Å². The number of anilines is 1. The van der Waals surface area contributed by atoms with Gasteiger partial charge in [-0.1, -0.05) is 30.3 Å². The minimum atomic E-state index is -0.444. The topological polar surface area (TPSA) is 86.9 Å². The highest BCUT2D eigenvalue weighted by molar-refractivity contribution is 5.92. The highest BCUT2D eigenvalue weighted by Crippen LogP contribution is 2.36. The number of hydrogen-bond donors (Lipinski definition) is 1. The van der Waals surface area contributed by atoms with E-state index in [4.69, 9.17) is 4.74 Å². The predicted octanol–water partition coefficient (Wildman–Crippen LogP) is 2.35. The van der Waals surface area contributed by atoms with Gasteiger partial charge in [0.15, 0.2) is 0 Å². The summed E-state index contributed by atoms with van der Waals surface area (Å²) in [5.74, 6) is 0.193. The van der Waals surface area contributed by atoms with Crippen LogP contribution >= 0.6 is 0 Å². The summed E-state index contributed by atoms with van der Waals surface area (Å²) in [4.78, 5) is 17.2. The smallest absolute Gasteiger partial charge is 0.338 e. The number of allylic oxidation sites excluding steroid dienone is 1. The molecule has 0 saturated carbocycles. The molecule has 0 amide bonds. The van der Waals surface area contributed by atoms with Crippen LogP contribution in [0, 0.1) is 6.92 Å². The number of aryl methyl sites for hydroxylation is 2. The van der Waals surface area contributed by atoms with E-state index >= 15 is 0 Å². The lowest BCUT2D eigenvalue weighted by Crippen LogP contribution is -2.29. The molecule has 1 aromatic carbocycles.